The van der Waals surface area contributed by atoms with Crippen molar-refractivity contribution in [2.24, 2.45) is 0 Å². The lowest BCUT2D eigenvalue weighted by molar-refractivity contribution is -0.918. The number of nitrogens with one attached hydrogen (secondary N) is 1. The molecule has 0 amide bonds. The molecule has 0 spiro atoms. The van der Waals surface area contributed by atoms with Crippen LogP contribution >= 0.6 is 22.9 Å². The van der Waals surface area contributed by atoms with E-state index in [4.69, 9.17) is 11.6 Å². The lowest BCUT2D eigenvalue weighted by Gasteiger charge is -2.22. The first-order chi connectivity index (χ1) is 7.84. The molecule has 0 aromatic carbocycles. The second kappa shape index (κ2) is 4.35. The van der Waals surface area contributed by atoms with Crippen molar-refractivity contribution in [3.63, 3.8) is 0 Å². The molecule has 0 bridgehead atoms. The molecule has 3 nitrogen and oxygen atoms in total. The van der Waals surface area contributed by atoms with E-state index in [-0.39, 0.29) is 0 Å². The van der Waals surface area contributed by atoms with Crippen LogP contribution in [0.1, 0.15) is 25.0 Å². The van der Waals surface area contributed by atoms with Gasteiger partial charge in [-0.1, -0.05) is 11.6 Å². The molecule has 5 heteroatoms. The van der Waals surface area contributed by atoms with E-state index in [0.717, 1.165) is 22.4 Å². The molecular formula is C11H15ClN3S+. The number of fused-ring (bicyclic) bond motifs is 1. The molecule has 2 aromatic rings. The van der Waals surface area contributed by atoms with Crippen molar-refractivity contribution in [3.05, 3.63) is 22.4 Å². The summed E-state index contributed by atoms with van der Waals surface area (Å²) in [4.78, 5) is 7.23. The number of quaternary nitrogens is 1. The van der Waals surface area contributed by atoms with Crippen molar-refractivity contribution in [1.82, 2.24) is 9.38 Å². The zero-order valence-electron chi connectivity index (χ0n) is 9.08. The molecule has 0 aliphatic carbocycles. The van der Waals surface area contributed by atoms with Crippen molar-refractivity contribution in [2.45, 2.75) is 25.8 Å². The van der Waals surface area contributed by atoms with Gasteiger partial charge in [-0.3, -0.25) is 4.40 Å². The van der Waals surface area contributed by atoms with Crippen molar-refractivity contribution < 1.29 is 4.90 Å². The van der Waals surface area contributed by atoms with Gasteiger partial charge < -0.3 is 4.90 Å². The van der Waals surface area contributed by atoms with Gasteiger partial charge in [0.2, 0.25) is 0 Å². The van der Waals surface area contributed by atoms with Gasteiger partial charge in [0.15, 0.2) is 4.96 Å². The fourth-order valence-corrected chi connectivity index (χ4v) is 3.41. The minimum absolute atomic E-state index is 0.800. The maximum absolute atomic E-state index is 6.31. The third-order valence-electron chi connectivity index (χ3n) is 3.25. The molecule has 0 atom stereocenters. The summed E-state index contributed by atoms with van der Waals surface area (Å²) in [5.74, 6) is 0. The first-order valence-corrected chi connectivity index (χ1v) is 7.04. The van der Waals surface area contributed by atoms with Crippen LogP contribution < -0.4 is 4.90 Å². The molecule has 1 N–H and O–H groups in total. The molecule has 1 aliphatic heterocycles. The van der Waals surface area contributed by atoms with Crippen LogP contribution in [0, 0.1) is 0 Å². The molecule has 3 rings (SSSR count). The van der Waals surface area contributed by atoms with Crippen molar-refractivity contribution in [3.8, 4) is 0 Å². The van der Waals surface area contributed by atoms with E-state index in [9.17, 15) is 0 Å². The van der Waals surface area contributed by atoms with E-state index in [2.05, 4.69) is 4.98 Å². The molecule has 1 saturated heterocycles. The van der Waals surface area contributed by atoms with E-state index in [0.29, 0.717) is 0 Å². The van der Waals surface area contributed by atoms with Crippen LogP contribution in [0.2, 0.25) is 5.15 Å². The monoisotopic (exact) mass is 256 g/mol. The molecule has 16 heavy (non-hydrogen) atoms. The summed E-state index contributed by atoms with van der Waals surface area (Å²) in [5.41, 5.74) is 1.06. The number of nitrogens with zero attached hydrogens (tertiary/aromatic N) is 2. The number of hydrogen-bond acceptors (Lipinski definition) is 2. The van der Waals surface area contributed by atoms with Crippen molar-refractivity contribution in [2.75, 3.05) is 13.1 Å². The van der Waals surface area contributed by atoms with E-state index >= 15 is 0 Å². The number of hydrogen-bond donors (Lipinski definition) is 1. The Hall–Kier alpha value is -0.580. The van der Waals surface area contributed by atoms with Gasteiger partial charge in [0.1, 0.15) is 17.4 Å². The quantitative estimate of drug-likeness (QED) is 0.867. The third kappa shape index (κ3) is 1.85. The summed E-state index contributed by atoms with van der Waals surface area (Å²) < 4.78 is 1.98. The number of aromatic nitrogens is 2. The minimum Gasteiger partial charge on any atom is -0.330 e. The summed E-state index contributed by atoms with van der Waals surface area (Å²) >= 11 is 7.95. The Balaban J connectivity index is 1.82. The summed E-state index contributed by atoms with van der Waals surface area (Å²) in [6, 6.07) is 0. The normalized spacial score (nSPS) is 18.3. The van der Waals surface area contributed by atoms with Crippen LogP contribution in [-0.4, -0.2) is 22.5 Å². The fourth-order valence-electron chi connectivity index (χ4n) is 2.38. The van der Waals surface area contributed by atoms with Gasteiger partial charge in [-0.2, -0.15) is 0 Å². The first kappa shape index (κ1) is 10.6. The highest BCUT2D eigenvalue weighted by atomic mass is 35.5. The summed E-state index contributed by atoms with van der Waals surface area (Å²) in [6.07, 6.45) is 6.06. The van der Waals surface area contributed by atoms with Crippen LogP contribution in [0.3, 0.4) is 0 Å². The molecule has 3 heterocycles. The van der Waals surface area contributed by atoms with Gasteiger partial charge in [0.25, 0.3) is 0 Å². The van der Waals surface area contributed by atoms with E-state index in [1.54, 1.807) is 16.2 Å². The number of halogens is 1. The Morgan fingerprint density at radius 1 is 1.38 bits per heavy atom. The minimum atomic E-state index is 0.800. The average molecular weight is 257 g/mol. The molecule has 0 unspecified atom stereocenters. The predicted molar refractivity (Wildman–Crippen MR) is 66.3 cm³/mol. The van der Waals surface area contributed by atoms with Crippen LogP contribution in [0.25, 0.3) is 4.96 Å². The SMILES string of the molecule is Clc1c(C[NH+]2CCCCC2)nc2sccn12. The van der Waals surface area contributed by atoms with Gasteiger partial charge in [0.05, 0.1) is 13.1 Å². The molecule has 2 aromatic heterocycles. The third-order valence-corrected chi connectivity index (χ3v) is 4.40. The maximum atomic E-state index is 6.31. The number of likely N-dealkylation sites (tertiary alicyclic amines) is 1. The molecule has 1 aliphatic rings. The van der Waals surface area contributed by atoms with Gasteiger partial charge in [-0.05, 0) is 19.3 Å². The highest BCUT2D eigenvalue weighted by Gasteiger charge is 2.19. The number of thiazole rings is 1. The maximum Gasteiger partial charge on any atom is 0.195 e. The Bertz CT molecular complexity index is 484. The van der Waals surface area contributed by atoms with Crippen LogP contribution in [0.15, 0.2) is 11.6 Å². The first-order valence-electron chi connectivity index (χ1n) is 5.78. The van der Waals surface area contributed by atoms with Gasteiger partial charge in [-0.25, -0.2) is 4.98 Å². The van der Waals surface area contributed by atoms with Crippen LogP contribution in [0.4, 0.5) is 0 Å². The van der Waals surface area contributed by atoms with Gasteiger partial charge in [0, 0.05) is 11.6 Å². The molecule has 0 radical (unpaired) electrons. The fraction of sp³-hybridized carbons (Fsp3) is 0.545. The largest absolute Gasteiger partial charge is 0.330 e. The number of imidazole rings is 1. The van der Waals surface area contributed by atoms with Gasteiger partial charge >= 0.3 is 0 Å². The standard InChI is InChI=1S/C11H14ClN3S/c12-10-9(8-14-4-2-1-3-5-14)13-11-15(10)6-7-16-11/h6-7H,1-5,8H2/p+1. The Labute approximate surface area is 104 Å². The summed E-state index contributed by atoms with van der Waals surface area (Å²) in [7, 11) is 0. The van der Waals surface area contributed by atoms with Crippen molar-refractivity contribution in [1.29, 1.82) is 0 Å². The molecule has 1 fully saturated rings. The zero-order valence-corrected chi connectivity index (χ0v) is 10.7. The Kier molecular flexibility index (Phi) is 2.88. The lowest BCUT2D eigenvalue weighted by atomic mass is 10.1. The summed E-state index contributed by atoms with van der Waals surface area (Å²) in [6.45, 7) is 3.51. The van der Waals surface area contributed by atoms with Gasteiger partial charge in [-0.15, -0.1) is 11.3 Å². The van der Waals surface area contributed by atoms with E-state index in [1.165, 1.54) is 32.4 Å². The summed E-state index contributed by atoms with van der Waals surface area (Å²) in [5, 5.41) is 2.82. The zero-order chi connectivity index (χ0) is 11.0. The molecular weight excluding hydrogens is 242 g/mol. The number of rotatable bonds is 2. The lowest BCUT2D eigenvalue weighted by Crippen LogP contribution is -3.11. The topological polar surface area (TPSA) is 21.7 Å². The van der Waals surface area contributed by atoms with Crippen LogP contribution in [0.5, 0.6) is 0 Å². The second-order valence-corrected chi connectivity index (χ2v) is 5.62. The molecule has 0 saturated carbocycles. The van der Waals surface area contributed by atoms with Crippen LogP contribution in [-0.2, 0) is 6.54 Å². The highest BCUT2D eigenvalue weighted by Crippen LogP contribution is 2.21. The second-order valence-electron chi connectivity index (χ2n) is 4.39. The number of piperidine rings is 1. The van der Waals surface area contributed by atoms with Crippen molar-refractivity contribution >= 4 is 27.9 Å². The molecule has 86 valence electrons. The smallest absolute Gasteiger partial charge is 0.195 e. The Morgan fingerprint density at radius 3 is 2.94 bits per heavy atom. The predicted octanol–water partition coefficient (Wildman–Crippen LogP) is 1.62. The average Bonchev–Trinajstić information content (AvgIpc) is 2.86. The highest BCUT2D eigenvalue weighted by molar-refractivity contribution is 7.15. The van der Waals surface area contributed by atoms with E-state index < -0.39 is 0 Å². The Morgan fingerprint density at radius 2 is 2.19 bits per heavy atom. The van der Waals surface area contributed by atoms with E-state index in [1.807, 2.05) is 16.0 Å².